The number of amides is 1. The van der Waals surface area contributed by atoms with Crippen LogP contribution in [0.1, 0.15) is 41.7 Å². The van der Waals surface area contributed by atoms with Gasteiger partial charge in [0.2, 0.25) is 5.89 Å². The molecule has 2 aromatic rings. The van der Waals surface area contributed by atoms with Gasteiger partial charge in [0.15, 0.2) is 5.69 Å². The lowest BCUT2D eigenvalue weighted by Gasteiger charge is -2.34. The zero-order chi connectivity index (χ0) is 22.5. The van der Waals surface area contributed by atoms with Crippen molar-refractivity contribution in [1.82, 2.24) is 19.7 Å². The van der Waals surface area contributed by atoms with E-state index in [1.54, 1.807) is 14.2 Å². The van der Waals surface area contributed by atoms with Gasteiger partial charge in [-0.3, -0.25) is 14.6 Å². The fourth-order valence-electron chi connectivity index (χ4n) is 4.38. The molecule has 2 aliphatic rings. The summed E-state index contributed by atoms with van der Waals surface area (Å²) in [5, 5.41) is 0. The predicted octanol–water partition coefficient (Wildman–Crippen LogP) is 2.88. The van der Waals surface area contributed by atoms with E-state index in [0.29, 0.717) is 24.0 Å². The summed E-state index contributed by atoms with van der Waals surface area (Å²) in [5.74, 6) is 2.95. The van der Waals surface area contributed by atoms with E-state index in [1.807, 2.05) is 17.0 Å². The number of piperazine rings is 1. The summed E-state index contributed by atoms with van der Waals surface area (Å²) in [7, 11) is 3.35. The molecule has 1 amide bonds. The van der Waals surface area contributed by atoms with Crippen molar-refractivity contribution in [2.45, 2.75) is 32.9 Å². The second-order valence-corrected chi connectivity index (χ2v) is 8.83. The number of aromatic nitrogens is 1. The molecule has 2 fully saturated rings. The minimum atomic E-state index is -0.00911. The Bertz CT molecular complexity index is 899. The van der Waals surface area contributed by atoms with Gasteiger partial charge in [-0.2, -0.15) is 0 Å². The van der Waals surface area contributed by atoms with Gasteiger partial charge in [-0.05, 0) is 24.8 Å². The minimum absolute atomic E-state index is 0.00911. The van der Waals surface area contributed by atoms with E-state index in [9.17, 15) is 4.79 Å². The van der Waals surface area contributed by atoms with Crippen molar-refractivity contribution < 1.29 is 18.7 Å². The van der Waals surface area contributed by atoms with E-state index in [1.165, 1.54) is 6.26 Å². The molecule has 32 heavy (non-hydrogen) atoms. The third-order valence-electron chi connectivity index (χ3n) is 6.55. The molecule has 0 unspecified atom stereocenters. The average Bonchev–Trinajstić information content (AvgIpc) is 3.29. The van der Waals surface area contributed by atoms with Crippen LogP contribution in [0.4, 0.5) is 0 Å². The average molecular weight is 443 g/mol. The smallest absolute Gasteiger partial charge is 0.275 e. The summed E-state index contributed by atoms with van der Waals surface area (Å²) in [6.45, 7) is 9.08. The Labute approximate surface area is 190 Å². The predicted molar refractivity (Wildman–Crippen MR) is 121 cm³/mol. The zero-order valence-corrected chi connectivity index (χ0v) is 19.4. The lowest BCUT2D eigenvalue weighted by atomic mass is 9.99. The van der Waals surface area contributed by atoms with E-state index >= 15 is 0 Å². The summed E-state index contributed by atoms with van der Waals surface area (Å²) < 4.78 is 16.5. The molecule has 174 valence electrons. The number of benzene rings is 1. The monoisotopic (exact) mass is 442 g/mol. The largest absolute Gasteiger partial charge is 0.497 e. The number of carbonyl (C=O) groups excluding carboxylic acids is 1. The Kier molecular flexibility index (Phi) is 7.32. The number of ether oxygens (including phenoxy) is 2. The lowest BCUT2D eigenvalue weighted by Crippen LogP contribution is -2.45. The SMILES string of the molecule is COc1ccc(CN2CCN(Cc3nc(C(=O)N4CCC(C)CC4)co3)CC2)c(OC)c1. The number of rotatable bonds is 7. The maximum absolute atomic E-state index is 12.7. The van der Waals surface area contributed by atoms with E-state index in [4.69, 9.17) is 13.9 Å². The highest BCUT2D eigenvalue weighted by Crippen LogP contribution is 2.26. The van der Waals surface area contributed by atoms with Crippen LogP contribution in [0, 0.1) is 5.92 Å². The number of piperidine rings is 1. The van der Waals surface area contributed by atoms with Crippen LogP contribution < -0.4 is 9.47 Å². The molecule has 0 atom stereocenters. The van der Waals surface area contributed by atoms with Gasteiger partial charge < -0.3 is 18.8 Å². The van der Waals surface area contributed by atoms with Crippen LogP contribution in [0.2, 0.25) is 0 Å². The molecule has 8 heteroatoms. The summed E-state index contributed by atoms with van der Waals surface area (Å²) >= 11 is 0. The summed E-state index contributed by atoms with van der Waals surface area (Å²) in [4.78, 5) is 23.8. The van der Waals surface area contributed by atoms with Gasteiger partial charge in [0.05, 0.1) is 20.8 Å². The van der Waals surface area contributed by atoms with E-state index < -0.39 is 0 Å². The number of likely N-dealkylation sites (tertiary alicyclic amines) is 1. The van der Waals surface area contributed by atoms with Crippen LogP contribution in [-0.2, 0) is 13.1 Å². The third kappa shape index (κ3) is 5.42. The second-order valence-electron chi connectivity index (χ2n) is 8.83. The highest BCUT2D eigenvalue weighted by molar-refractivity contribution is 5.92. The van der Waals surface area contributed by atoms with Gasteiger partial charge in [0.1, 0.15) is 17.8 Å². The van der Waals surface area contributed by atoms with Gasteiger partial charge in [-0.1, -0.05) is 13.0 Å². The Balaban J connectivity index is 1.26. The van der Waals surface area contributed by atoms with Crippen molar-refractivity contribution in [3.8, 4) is 11.5 Å². The topological polar surface area (TPSA) is 71.3 Å². The van der Waals surface area contributed by atoms with E-state index in [2.05, 4.69) is 27.8 Å². The zero-order valence-electron chi connectivity index (χ0n) is 19.4. The number of hydrogen-bond acceptors (Lipinski definition) is 7. The van der Waals surface area contributed by atoms with Crippen molar-refractivity contribution in [3.63, 3.8) is 0 Å². The van der Waals surface area contributed by atoms with Gasteiger partial charge >= 0.3 is 0 Å². The van der Waals surface area contributed by atoms with E-state index in [0.717, 1.165) is 75.7 Å². The van der Waals surface area contributed by atoms with Crippen molar-refractivity contribution in [1.29, 1.82) is 0 Å². The van der Waals surface area contributed by atoms with Crippen molar-refractivity contribution in [3.05, 3.63) is 41.6 Å². The molecule has 2 aliphatic heterocycles. The highest BCUT2D eigenvalue weighted by Gasteiger charge is 2.25. The van der Waals surface area contributed by atoms with Crippen LogP contribution in [-0.4, -0.2) is 79.1 Å². The summed E-state index contributed by atoms with van der Waals surface area (Å²) in [6, 6.07) is 5.97. The Morgan fingerprint density at radius 2 is 1.72 bits per heavy atom. The minimum Gasteiger partial charge on any atom is -0.497 e. The molecule has 0 saturated carbocycles. The third-order valence-corrected chi connectivity index (χ3v) is 6.55. The first kappa shape index (κ1) is 22.6. The molecule has 1 aromatic heterocycles. The summed E-state index contributed by atoms with van der Waals surface area (Å²) in [5.41, 5.74) is 1.59. The normalized spacial score (nSPS) is 18.7. The first-order chi connectivity index (χ1) is 15.6. The molecule has 0 bridgehead atoms. The quantitative estimate of drug-likeness (QED) is 0.653. The first-order valence-corrected chi connectivity index (χ1v) is 11.4. The van der Waals surface area contributed by atoms with Crippen LogP contribution in [0.15, 0.2) is 28.9 Å². The summed E-state index contributed by atoms with van der Waals surface area (Å²) in [6.07, 6.45) is 3.63. The van der Waals surface area contributed by atoms with Gasteiger partial charge in [-0.15, -0.1) is 0 Å². The standard InChI is InChI=1S/C24H34N4O4/c1-18-6-8-28(9-7-18)24(29)21-17-32-23(25-21)16-27-12-10-26(11-13-27)15-19-4-5-20(30-2)14-22(19)31-3/h4-5,14,17-18H,6-13,15-16H2,1-3H3. The first-order valence-electron chi connectivity index (χ1n) is 11.4. The molecule has 0 N–H and O–H groups in total. The van der Waals surface area contributed by atoms with Crippen molar-refractivity contribution >= 4 is 5.91 Å². The Morgan fingerprint density at radius 1 is 1.03 bits per heavy atom. The van der Waals surface area contributed by atoms with Crippen LogP contribution >= 0.6 is 0 Å². The van der Waals surface area contributed by atoms with Crippen LogP contribution in [0.5, 0.6) is 11.5 Å². The molecule has 2 saturated heterocycles. The molecular formula is C24H34N4O4. The fraction of sp³-hybridized carbons (Fsp3) is 0.583. The molecule has 0 aliphatic carbocycles. The Morgan fingerprint density at radius 3 is 2.38 bits per heavy atom. The molecule has 0 radical (unpaired) electrons. The number of methoxy groups -OCH3 is 2. The molecule has 4 rings (SSSR count). The highest BCUT2D eigenvalue weighted by atomic mass is 16.5. The molecule has 3 heterocycles. The maximum atomic E-state index is 12.7. The van der Waals surface area contributed by atoms with Gasteiger partial charge in [-0.25, -0.2) is 4.98 Å². The number of oxazole rings is 1. The lowest BCUT2D eigenvalue weighted by molar-refractivity contribution is 0.0691. The number of hydrogen-bond donors (Lipinski definition) is 0. The van der Waals surface area contributed by atoms with Crippen molar-refractivity contribution in [2.24, 2.45) is 5.92 Å². The van der Waals surface area contributed by atoms with Crippen LogP contribution in [0.25, 0.3) is 0 Å². The van der Waals surface area contributed by atoms with Crippen LogP contribution in [0.3, 0.4) is 0 Å². The molecule has 0 spiro atoms. The number of nitrogens with zero attached hydrogens (tertiary/aromatic N) is 4. The molecule has 8 nitrogen and oxygen atoms in total. The van der Waals surface area contributed by atoms with E-state index in [-0.39, 0.29) is 5.91 Å². The maximum Gasteiger partial charge on any atom is 0.275 e. The molecule has 1 aromatic carbocycles. The van der Waals surface area contributed by atoms with Crippen molar-refractivity contribution in [2.75, 3.05) is 53.5 Å². The second kappa shape index (κ2) is 10.4. The molecular weight excluding hydrogens is 408 g/mol. The van der Waals surface area contributed by atoms with Gasteiger partial charge in [0.25, 0.3) is 5.91 Å². The Hall–Kier alpha value is -2.58. The fourth-order valence-corrected chi connectivity index (χ4v) is 4.38. The van der Waals surface area contributed by atoms with Gasteiger partial charge in [0, 0.05) is 57.4 Å². The number of carbonyl (C=O) groups is 1.